The maximum atomic E-state index is 11.5. The van der Waals surface area contributed by atoms with Gasteiger partial charge in [-0.25, -0.2) is 14.3 Å². The molecule has 0 spiro atoms. The van der Waals surface area contributed by atoms with Crippen molar-refractivity contribution in [2.75, 3.05) is 18.1 Å². The number of nitriles is 1. The number of ether oxygens (including phenoxy) is 2. The summed E-state index contributed by atoms with van der Waals surface area (Å²) in [6.07, 6.45) is -2.88. The minimum Gasteiger partial charge on any atom is -0.455 e. The van der Waals surface area contributed by atoms with Gasteiger partial charge in [-0.2, -0.15) is 10.4 Å². The molecule has 0 saturated carbocycles. The van der Waals surface area contributed by atoms with Crippen LogP contribution in [0.4, 0.5) is 10.6 Å². The minimum absolute atomic E-state index is 0.187. The number of nitrogens with zero attached hydrogens (tertiary/aromatic N) is 4. The van der Waals surface area contributed by atoms with Gasteiger partial charge in [-0.15, -0.1) is 0 Å². The number of hydrogen-bond donors (Lipinski definition) is 3. The van der Waals surface area contributed by atoms with Gasteiger partial charge < -0.3 is 25.4 Å². The van der Waals surface area contributed by atoms with E-state index < -0.39 is 29.2 Å². The summed E-state index contributed by atoms with van der Waals surface area (Å²) in [6, 6.07) is 5.01. The summed E-state index contributed by atoms with van der Waals surface area (Å²) in [4.78, 5) is 15.4. The monoisotopic (exact) mass is 379 g/mol. The third kappa shape index (κ3) is 2.86. The lowest BCUT2D eigenvalue weighted by molar-refractivity contribution is -0.0642. The fraction of sp³-hybridized carbons (Fsp3) is 0.467. The summed E-state index contributed by atoms with van der Waals surface area (Å²) >= 11 is 0.963. The van der Waals surface area contributed by atoms with E-state index in [2.05, 4.69) is 10.1 Å². The van der Waals surface area contributed by atoms with Crippen molar-refractivity contribution in [3.63, 3.8) is 0 Å². The average Bonchev–Trinajstić information content (AvgIpc) is 3.16. The van der Waals surface area contributed by atoms with E-state index in [1.807, 2.05) is 6.07 Å². The summed E-state index contributed by atoms with van der Waals surface area (Å²) < 4.78 is 12.0. The van der Waals surface area contributed by atoms with Crippen molar-refractivity contribution in [3.05, 3.63) is 24.2 Å². The molecule has 3 rings (SSSR count). The van der Waals surface area contributed by atoms with Crippen LogP contribution < -0.4 is 5.73 Å². The van der Waals surface area contributed by atoms with Crippen molar-refractivity contribution >= 4 is 28.4 Å². The van der Waals surface area contributed by atoms with Crippen molar-refractivity contribution in [2.24, 2.45) is 0 Å². The number of carbonyl (C=O) groups is 1. The molecular formula is C15H17N5O5S. The first-order chi connectivity index (χ1) is 12.4. The van der Waals surface area contributed by atoms with Gasteiger partial charge in [0.2, 0.25) is 5.60 Å². The Balaban J connectivity index is 1.92. The second kappa shape index (κ2) is 7.08. The maximum Gasteiger partial charge on any atom is 0.367 e. The molecule has 2 aromatic heterocycles. The molecule has 4 N–H and O–H groups in total. The van der Waals surface area contributed by atoms with Crippen LogP contribution in [0.2, 0.25) is 0 Å². The second-order valence-electron chi connectivity index (χ2n) is 5.59. The first-order valence-corrected chi connectivity index (χ1v) is 8.76. The Labute approximate surface area is 152 Å². The number of fused-ring (bicyclic) bond motifs is 1. The van der Waals surface area contributed by atoms with E-state index in [9.17, 15) is 20.3 Å². The Bertz CT molecular complexity index is 868. The van der Waals surface area contributed by atoms with E-state index in [0.29, 0.717) is 11.3 Å². The average molecular weight is 379 g/mol. The van der Waals surface area contributed by atoms with Gasteiger partial charge in [0.05, 0.1) is 5.69 Å². The van der Waals surface area contributed by atoms with Crippen LogP contribution in [0.15, 0.2) is 18.5 Å². The van der Waals surface area contributed by atoms with Gasteiger partial charge in [0.1, 0.15) is 42.8 Å². The Morgan fingerprint density at radius 3 is 3.04 bits per heavy atom. The number of hydrogen-bond acceptors (Lipinski definition) is 10. The van der Waals surface area contributed by atoms with Gasteiger partial charge in [-0.05, 0) is 23.9 Å². The van der Waals surface area contributed by atoms with Crippen molar-refractivity contribution in [2.45, 2.75) is 30.8 Å². The largest absolute Gasteiger partial charge is 0.455 e. The highest BCUT2D eigenvalue weighted by Gasteiger charge is 2.57. The smallest absolute Gasteiger partial charge is 0.367 e. The van der Waals surface area contributed by atoms with E-state index in [4.69, 9.17) is 15.2 Å². The highest BCUT2D eigenvalue weighted by Crippen LogP contribution is 2.40. The highest BCUT2D eigenvalue weighted by molar-refractivity contribution is 8.13. The molecule has 0 aromatic carbocycles. The Morgan fingerprint density at radius 2 is 2.35 bits per heavy atom. The molecule has 4 atom stereocenters. The van der Waals surface area contributed by atoms with Crippen LogP contribution >= 0.6 is 11.8 Å². The number of nitrogens with two attached hydrogens (primary N) is 1. The lowest BCUT2D eigenvalue weighted by Gasteiger charge is -2.24. The molecule has 0 unspecified atom stereocenters. The van der Waals surface area contributed by atoms with Crippen LogP contribution in [0.1, 0.15) is 12.6 Å². The molecule has 138 valence electrons. The SMILES string of the molecule is CCSC(=O)OC[C@H]1O[C@@](C#N)(c2ccc3c(N)ncnn23)[C@H](O)[C@@H]1O. The number of carbonyl (C=O) groups excluding carboxylic acids is 1. The maximum absolute atomic E-state index is 11.5. The van der Waals surface area contributed by atoms with Crippen molar-refractivity contribution < 1.29 is 24.5 Å². The van der Waals surface area contributed by atoms with Crippen LogP contribution in [-0.2, 0) is 15.1 Å². The standard InChI is InChI=1S/C15H17N5O5S/c1-2-26-14(23)24-5-9-11(21)12(22)15(6-16,25-9)10-4-3-8-13(17)18-7-19-20(8)10/h3-4,7,9,11-12,21-22H,2,5H2,1H3,(H2,17,18,19)/t9-,11-,12-,15+/m1/s1. The van der Waals surface area contributed by atoms with Crippen LogP contribution in [0.5, 0.6) is 0 Å². The summed E-state index contributed by atoms with van der Waals surface area (Å²) in [5.74, 6) is 0.726. The normalized spacial score (nSPS) is 28.2. The number of aromatic nitrogens is 3. The van der Waals surface area contributed by atoms with E-state index in [0.717, 1.165) is 11.8 Å². The number of anilines is 1. The first kappa shape index (κ1) is 18.4. The quantitative estimate of drug-likeness (QED) is 0.620. The molecule has 1 aliphatic rings. The third-order valence-corrected chi connectivity index (χ3v) is 4.76. The van der Waals surface area contributed by atoms with Crippen LogP contribution in [-0.4, -0.2) is 60.8 Å². The number of rotatable bonds is 4. The summed E-state index contributed by atoms with van der Waals surface area (Å²) in [5.41, 5.74) is 4.50. The lowest BCUT2D eigenvalue weighted by atomic mass is 9.92. The highest BCUT2D eigenvalue weighted by atomic mass is 32.2. The zero-order valence-corrected chi connectivity index (χ0v) is 14.6. The summed E-state index contributed by atoms with van der Waals surface area (Å²) in [6.45, 7) is 1.50. The van der Waals surface area contributed by atoms with E-state index in [-0.39, 0.29) is 18.1 Å². The Kier molecular flexibility index (Phi) is 5.01. The van der Waals surface area contributed by atoms with Gasteiger partial charge >= 0.3 is 5.30 Å². The molecule has 1 aliphatic heterocycles. The number of thioether (sulfide) groups is 1. The lowest BCUT2D eigenvalue weighted by Crippen LogP contribution is -2.41. The Hall–Kier alpha value is -2.39. The number of nitrogen functional groups attached to an aromatic ring is 1. The molecule has 2 aromatic rings. The molecule has 1 fully saturated rings. The summed E-state index contributed by atoms with van der Waals surface area (Å²) in [5, 5.41) is 34.1. The molecular weight excluding hydrogens is 362 g/mol. The number of aliphatic hydroxyl groups is 2. The fourth-order valence-corrected chi connectivity index (χ4v) is 3.25. The molecule has 26 heavy (non-hydrogen) atoms. The molecule has 0 amide bonds. The van der Waals surface area contributed by atoms with E-state index in [1.165, 1.54) is 16.9 Å². The van der Waals surface area contributed by atoms with Gasteiger partial charge in [-0.3, -0.25) is 0 Å². The van der Waals surface area contributed by atoms with Crippen molar-refractivity contribution in [3.8, 4) is 6.07 Å². The molecule has 11 heteroatoms. The van der Waals surface area contributed by atoms with Crippen LogP contribution in [0.25, 0.3) is 5.52 Å². The molecule has 1 saturated heterocycles. The Morgan fingerprint density at radius 1 is 1.58 bits per heavy atom. The van der Waals surface area contributed by atoms with Crippen LogP contribution in [0, 0.1) is 11.3 Å². The zero-order valence-electron chi connectivity index (χ0n) is 13.8. The predicted molar refractivity (Wildman–Crippen MR) is 91.1 cm³/mol. The fourth-order valence-electron chi connectivity index (χ4n) is 2.86. The number of aliphatic hydroxyl groups excluding tert-OH is 2. The van der Waals surface area contributed by atoms with Crippen molar-refractivity contribution in [1.29, 1.82) is 5.26 Å². The van der Waals surface area contributed by atoms with Gasteiger partial charge in [-0.1, -0.05) is 6.92 Å². The molecule has 3 heterocycles. The van der Waals surface area contributed by atoms with E-state index >= 15 is 0 Å². The van der Waals surface area contributed by atoms with E-state index in [1.54, 1.807) is 13.0 Å². The molecule has 0 radical (unpaired) electrons. The zero-order chi connectivity index (χ0) is 18.9. The molecule has 0 aliphatic carbocycles. The second-order valence-corrected chi connectivity index (χ2v) is 6.79. The van der Waals surface area contributed by atoms with Gasteiger partial charge in [0, 0.05) is 5.75 Å². The minimum atomic E-state index is -1.90. The molecule has 0 bridgehead atoms. The van der Waals surface area contributed by atoms with Gasteiger partial charge in [0.15, 0.2) is 5.82 Å². The van der Waals surface area contributed by atoms with Crippen LogP contribution in [0.3, 0.4) is 0 Å². The third-order valence-electron chi connectivity index (χ3n) is 4.11. The summed E-state index contributed by atoms with van der Waals surface area (Å²) in [7, 11) is 0. The van der Waals surface area contributed by atoms with Crippen molar-refractivity contribution in [1.82, 2.24) is 14.6 Å². The predicted octanol–water partition coefficient (Wildman–Crippen LogP) is 0.0407. The van der Waals surface area contributed by atoms with Gasteiger partial charge in [0.25, 0.3) is 0 Å². The molecule has 10 nitrogen and oxygen atoms in total. The first-order valence-electron chi connectivity index (χ1n) is 7.78. The topological polar surface area (TPSA) is 156 Å².